The second kappa shape index (κ2) is 6.67. The highest BCUT2D eigenvalue weighted by Crippen LogP contribution is 2.21. The summed E-state index contributed by atoms with van der Waals surface area (Å²) in [5.41, 5.74) is 0. The summed E-state index contributed by atoms with van der Waals surface area (Å²) in [5.74, 6) is -0.489. The standard InChI is InChI=1S/C12H24N2O4S/c1-10(2)8-14(9-12(15)16)19(17,18)13-6-4-11(3)5-7-13/h10-11H,4-9H2,1-3H3,(H,15,16). The number of nitrogens with zero attached hydrogens (tertiary/aromatic N) is 2. The number of hydrogen-bond acceptors (Lipinski definition) is 3. The fourth-order valence-corrected chi connectivity index (χ4v) is 3.94. The summed E-state index contributed by atoms with van der Waals surface area (Å²) in [6.45, 7) is 6.60. The van der Waals surface area contributed by atoms with Crippen molar-refractivity contribution < 1.29 is 18.3 Å². The number of carboxylic acid groups (broad SMARTS) is 1. The average Bonchev–Trinajstić information content (AvgIpc) is 2.27. The maximum Gasteiger partial charge on any atom is 0.318 e. The Balaban J connectivity index is 2.82. The molecule has 0 radical (unpaired) electrons. The molecule has 1 saturated heterocycles. The van der Waals surface area contributed by atoms with Crippen LogP contribution < -0.4 is 0 Å². The maximum atomic E-state index is 12.5. The van der Waals surface area contributed by atoms with Gasteiger partial charge in [-0.15, -0.1) is 0 Å². The summed E-state index contributed by atoms with van der Waals surface area (Å²) in [6, 6.07) is 0. The lowest BCUT2D eigenvalue weighted by molar-refractivity contribution is -0.137. The number of carbonyl (C=O) groups is 1. The molecule has 19 heavy (non-hydrogen) atoms. The van der Waals surface area contributed by atoms with E-state index in [1.807, 2.05) is 13.8 Å². The molecule has 112 valence electrons. The largest absolute Gasteiger partial charge is 0.480 e. The Labute approximate surface area is 115 Å². The van der Waals surface area contributed by atoms with Gasteiger partial charge in [0.25, 0.3) is 10.2 Å². The first-order valence-electron chi connectivity index (χ1n) is 6.70. The van der Waals surface area contributed by atoms with Crippen molar-refractivity contribution in [3.8, 4) is 0 Å². The molecule has 1 aliphatic rings. The number of aliphatic carboxylic acids is 1. The zero-order chi connectivity index (χ0) is 14.6. The van der Waals surface area contributed by atoms with E-state index in [1.165, 1.54) is 4.31 Å². The Morgan fingerprint density at radius 3 is 2.32 bits per heavy atom. The van der Waals surface area contributed by atoms with Crippen LogP contribution in [0.1, 0.15) is 33.6 Å². The van der Waals surface area contributed by atoms with Crippen molar-refractivity contribution in [3.63, 3.8) is 0 Å². The molecule has 0 aromatic carbocycles. The van der Waals surface area contributed by atoms with Gasteiger partial charge >= 0.3 is 5.97 Å². The molecule has 1 aliphatic heterocycles. The summed E-state index contributed by atoms with van der Waals surface area (Å²) in [7, 11) is -3.65. The van der Waals surface area contributed by atoms with E-state index in [-0.39, 0.29) is 12.5 Å². The predicted molar refractivity (Wildman–Crippen MR) is 72.9 cm³/mol. The van der Waals surface area contributed by atoms with Gasteiger partial charge in [-0.1, -0.05) is 20.8 Å². The summed E-state index contributed by atoms with van der Waals surface area (Å²) in [4.78, 5) is 10.8. The molecule has 0 atom stereocenters. The van der Waals surface area contributed by atoms with Crippen LogP contribution in [0, 0.1) is 11.8 Å². The van der Waals surface area contributed by atoms with E-state index in [4.69, 9.17) is 5.11 Å². The third kappa shape index (κ3) is 4.74. The highest BCUT2D eigenvalue weighted by atomic mass is 32.2. The molecule has 1 heterocycles. The van der Waals surface area contributed by atoms with Gasteiger partial charge < -0.3 is 5.11 Å². The van der Waals surface area contributed by atoms with Crippen molar-refractivity contribution in [1.29, 1.82) is 0 Å². The van der Waals surface area contributed by atoms with E-state index < -0.39 is 22.7 Å². The van der Waals surface area contributed by atoms with Crippen LogP contribution in [0.5, 0.6) is 0 Å². The van der Waals surface area contributed by atoms with Crippen molar-refractivity contribution >= 4 is 16.2 Å². The third-order valence-corrected chi connectivity index (χ3v) is 5.22. The summed E-state index contributed by atoms with van der Waals surface area (Å²) >= 11 is 0. The van der Waals surface area contributed by atoms with E-state index in [0.717, 1.165) is 17.1 Å². The zero-order valence-corrected chi connectivity index (χ0v) is 12.7. The first kappa shape index (κ1) is 16.4. The lowest BCUT2D eigenvalue weighted by Gasteiger charge is -2.34. The Morgan fingerprint density at radius 2 is 1.89 bits per heavy atom. The van der Waals surface area contributed by atoms with Crippen LogP contribution >= 0.6 is 0 Å². The molecule has 0 spiro atoms. The maximum absolute atomic E-state index is 12.5. The van der Waals surface area contributed by atoms with Gasteiger partial charge in [0.05, 0.1) is 0 Å². The molecule has 0 aromatic rings. The first-order valence-corrected chi connectivity index (χ1v) is 8.10. The molecule has 0 bridgehead atoms. The first-order chi connectivity index (χ1) is 8.73. The minimum absolute atomic E-state index is 0.0952. The molecular formula is C12H24N2O4S. The van der Waals surface area contributed by atoms with Crippen LogP contribution in [-0.4, -0.2) is 54.3 Å². The number of carboxylic acids is 1. The van der Waals surface area contributed by atoms with Crippen LogP contribution in [0.4, 0.5) is 0 Å². The molecule has 1 N–H and O–H groups in total. The lowest BCUT2D eigenvalue weighted by Crippen LogP contribution is -2.49. The quantitative estimate of drug-likeness (QED) is 0.792. The van der Waals surface area contributed by atoms with Crippen molar-refractivity contribution in [2.75, 3.05) is 26.2 Å². The van der Waals surface area contributed by atoms with E-state index in [1.54, 1.807) is 0 Å². The van der Waals surface area contributed by atoms with Crippen LogP contribution in [0.25, 0.3) is 0 Å². The molecule has 6 nitrogen and oxygen atoms in total. The van der Waals surface area contributed by atoms with Gasteiger partial charge in [0.1, 0.15) is 6.54 Å². The fourth-order valence-electron chi connectivity index (χ4n) is 2.18. The summed E-state index contributed by atoms with van der Waals surface area (Å²) in [6.07, 6.45) is 1.67. The van der Waals surface area contributed by atoms with Crippen LogP contribution in [0.3, 0.4) is 0 Å². The molecule has 1 rings (SSSR count). The molecule has 7 heteroatoms. The minimum Gasteiger partial charge on any atom is -0.480 e. The van der Waals surface area contributed by atoms with Crippen LogP contribution in [0.15, 0.2) is 0 Å². The van der Waals surface area contributed by atoms with Crippen LogP contribution in [-0.2, 0) is 15.0 Å². The summed E-state index contributed by atoms with van der Waals surface area (Å²) in [5, 5.41) is 8.88. The van der Waals surface area contributed by atoms with Crippen molar-refractivity contribution in [2.45, 2.75) is 33.6 Å². The van der Waals surface area contributed by atoms with Crippen molar-refractivity contribution in [1.82, 2.24) is 8.61 Å². The van der Waals surface area contributed by atoms with Gasteiger partial charge in [-0.25, -0.2) is 0 Å². The Bertz CT molecular complexity index is 400. The van der Waals surface area contributed by atoms with Gasteiger partial charge in [0.2, 0.25) is 0 Å². The van der Waals surface area contributed by atoms with E-state index >= 15 is 0 Å². The molecule has 0 aromatic heterocycles. The van der Waals surface area contributed by atoms with Gasteiger partial charge in [-0.3, -0.25) is 4.79 Å². The Morgan fingerprint density at radius 1 is 1.37 bits per heavy atom. The van der Waals surface area contributed by atoms with Crippen molar-refractivity contribution in [2.24, 2.45) is 11.8 Å². The monoisotopic (exact) mass is 292 g/mol. The normalized spacial score (nSPS) is 19.2. The van der Waals surface area contributed by atoms with E-state index in [0.29, 0.717) is 19.0 Å². The van der Waals surface area contributed by atoms with E-state index in [9.17, 15) is 13.2 Å². The summed E-state index contributed by atoms with van der Waals surface area (Å²) < 4.78 is 27.4. The predicted octanol–water partition coefficient (Wildman–Crippen LogP) is 1.01. The topological polar surface area (TPSA) is 77.9 Å². The molecule has 0 saturated carbocycles. The average molecular weight is 292 g/mol. The SMILES string of the molecule is CC(C)CN(CC(=O)O)S(=O)(=O)N1CCC(C)CC1. The zero-order valence-electron chi connectivity index (χ0n) is 11.9. The lowest BCUT2D eigenvalue weighted by atomic mass is 10.0. The Kier molecular flexibility index (Phi) is 5.76. The fraction of sp³-hybridized carbons (Fsp3) is 0.917. The van der Waals surface area contributed by atoms with Gasteiger partial charge in [-0.05, 0) is 24.7 Å². The highest BCUT2D eigenvalue weighted by Gasteiger charge is 2.33. The highest BCUT2D eigenvalue weighted by molar-refractivity contribution is 7.86. The van der Waals surface area contributed by atoms with Crippen molar-refractivity contribution in [3.05, 3.63) is 0 Å². The molecule has 0 amide bonds. The third-order valence-electron chi connectivity index (χ3n) is 3.28. The minimum atomic E-state index is -3.65. The molecule has 0 unspecified atom stereocenters. The second-order valence-electron chi connectivity index (χ2n) is 5.67. The molecule has 0 aliphatic carbocycles. The molecular weight excluding hydrogens is 268 g/mol. The van der Waals surface area contributed by atoms with E-state index in [2.05, 4.69) is 6.92 Å². The second-order valence-corrected chi connectivity index (χ2v) is 7.60. The Hall–Kier alpha value is -0.660. The number of rotatable bonds is 6. The van der Waals surface area contributed by atoms with Gasteiger partial charge in [-0.2, -0.15) is 17.0 Å². The van der Waals surface area contributed by atoms with Crippen LogP contribution in [0.2, 0.25) is 0 Å². The smallest absolute Gasteiger partial charge is 0.318 e. The number of piperidine rings is 1. The molecule has 1 fully saturated rings. The van der Waals surface area contributed by atoms with Gasteiger partial charge in [0.15, 0.2) is 0 Å². The number of hydrogen-bond donors (Lipinski definition) is 1. The van der Waals surface area contributed by atoms with Gasteiger partial charge in [0, 0.05) is 19.6 Å².